The fourth-order valence-corrected chi connectivity index (χ4v) is 1.54. The molecule has 13 heavy (non-hydrogen) atoms. The quantitative estimate of drug-likeness (QED) is 0.613. The van der Waals surface area contributed by atoms with Crippen LogP contribution in [0, 0.1) is 0 Å². The third kappa shape index (κ3) is 2.11. The smallest absolute Gasteiger partial charge is 0.408 e. The summed E-state index contributed by atoms with van der Waals surface area (Å²) in [6, 6.07) is -0.601. The Morgan fingerprint density at radius 1 is 1.46 bits per heavy atom. The Bertz CT molecular complexity index is 216. The SMILES string of the molecule is COC(=O)C1CCCCN1C(=O)O. The van der Waals surface area contributed by atoms with Crippen molar-refractivity contribution >= 4 is 12.1 Å². The molecule has 0 aliphatic carbocycles. The van der Waals surface area contributed by atoms with Gasteiger partial charge in [0, 0.05) is 6.54 Å². The highest BCUT2D eigenvalue weighted by Crippen LogP contribution is 2.17. The van der Waals surface area contributed by atoms with Gasteiger partial charge in [0.05, 0.1) is 7.11 Å². The average molecular weight is 187 g/mol. The van der Waals surface area contributed by atoms with E-state index in [4.69, 9.17) is 5.11 Å². The summed E-state index contributed by atoms with van der Waals surface area (Å²) in [4.78, 5) is 23.0. The molecule has 5 nitrogen and oxygen atoms in total. The highest BCUT2D eigenvalue weighted by molar-refractivity contribution is 5.80. The van der Waals surface area contributed by atoms with Crippen molar-refractivity contribution in [3.05, 3.63) is 0 Å². The van der Waals surface area contributed by atoms with Gasteiger partial charge < -0.3 is 9.84 Å². The summed E-state index contributed by atoms with van der Waals surface area (Å²) < 4.78 is 4.53. The third-order valence-electron chi connectivity index (χ3n) is 2.22. The summed E-state index contributed by atoms with van der Waals surface area (Å²) >= 11 is 0. The van der Waals surface area contributed by atoms with Crippen LogP contribution >= 0.6 is 0 Å². The number of hydrogen-bond donors (Lipinski definition) is 1. The van der Waals surface area contributed by atoms with Crippen molar-refractivity contribution in [3.63, 3.8) is 0 Å². The molecule has 1 saturated heterocycles. The van der Waals surface area contributed by atoms with Crippen LogP contribution in [0.3, 0.4) is 0 Å². The number of hydrogen-bond acceptors (Lipinski definition) is 3. The Morgan fingerprint density at radius 3 is 2.69 bits per heavy atom. The van der Waals surface area contributed by atoms with Crippen LogP contribution in [0.1, 0.15) is 19.3 Å². The lowest BCUT2D eigenvalue weighted by Crippen LogP contribution is -2.47. The second kappa shape index (κ2) is 4.11. The molecule has 0 aromatic carbocycles. The Morgan fingerprint density at radius 2 is 2.15 bits per heavy atom. The van der Waals surface area contributed by atoms with Crippen molar-refractivity contribution in [2.75, 3.05) is 13.7 Å². The van der Waals surface area contributed by atoms with E-state index < -0.39 is 18.1 Å². The van der Waals surface area contributed by atoms with E-state index in [1.54, 1.807) is 0 Å². The van der Waals surface area contributed by atoms with E-state index in [0.717, 1.165) is 17.7 Å². The van der Waals surface area contributed by atoms with Crippen molar-refractivity contribution in [2.45, 2.75) is 25.3 Å². The lowest BCUT2D eigenvalue weighted by Gasteiger charge is -2.31. The van der Waals surface area contributed by atoms with Crippen LogP contribution in [0.5, 0.6) is 0 Å². The number of likely N-dealkylation sites (tertiary alicyclic amines) is 1. The first kappa shape index (κ1) is 9.83. The summed E-state index contributed by atoms with van der Waals surface area (Å²) in [7, 11) is 1.27. The molecule has 0 radical (unpaired) electrons. The van der Waals surface area contributed by atoms with Gasteiger partial charge in [0.25, 0.3) is 0 Å². The largest absolute Gasteiger partial charge is 0.467 e. The van der Waals surface area contributed by atoms with Crippen LogP contribution in [0.15, 0.2) is 0 Å². The van der Waals surface area contributed by atoms with Crippen molar-refractivity contribution in [3.8, 4) is 0 Å². The monoisotopic (exact) mass is 187 g/mol. The Hall–Kier alpha value is -1.26. The van der Waals surface area contributed by atoms with Crippen LogP contribution in [-0.4, -0.2) is 41.8 Å². The van der Waals surface area contributed by atoms with Crippen LogP contribution in [0.4, 0.5) is 4.79 Å². The average Bonchev–Trinajstić information content (AvgIpc) is 2.16. The molecule has 1 amide bonds. The zero-order valence-corrected chi connectivity index (χ0v) is 7.52. The van der Waals surface area contributed by atoms with Gasteiger partial charge in [-0.05, 0) is 19.3 Å². The van der Waals surface area contributed by atoms with E-state index in [1.807, 2.05) is 0 Å². The van der Waals surface area contributed by atoms with Crippen molar-refractivity contribution < 1.29 is 19.4 Å². The molecule has 1 aliphatic heterocycles. The number of methoxy groups -OCH3 is 1. The first-order valence-corrected chi connectivity index (χ1v) is 4.24. The molecule has 74 valence electrons. The summed E-state index contributed by atoms with van der Waals surface area (Å²) in [5, 5.41) is 8.77. The van der Waals surface area contributed by atoms with E-state index in [9.17, 15) is 9.59 Å². The number of carbonyl (C=O) groups excluding carboxylic acids is 1. The molecule has 0 bridgehead atoms. The summed E-state index contributed by atoms with van der Waals surface area (Å²) in [6.45, 7) is 0.426. The topological polar surface area (TPSA) is 66.8 Å². The Kier molecular flexibility index (Phi) is 3.11. The number of carboxylic acid groups (broad SMARTS) is 1. The molecule has 1 N–H and O–H groups in total. The molecule has 1 unspecified atom stereocenters. The number of carbonyl (C=O) groups is 2. The standard InChI is InChI=1S/C8H13NO4/c1-13-7(10)6-4-2-3-5-9(6)8(11)12/h6H,2-5H2,1H3,(H,11,12). The predicted molar refractivity (Wildman–Crippen MR) is 44.4 cm³/mol. The number of ether oxygens (including phenoxy) is 1. The molecule has 1 fully saturated rings. The number of amides is 1. The van der Waals surface area contributed by atoms with Crippen LogP contribution in [0.25, 0.3) is 0 Å². The highest BCUT2D eigenvalue weighted by atomic mass is 16.5. The van der Waals surface area contributed by atoms with E-state index >= 15 is 0 Å². The van der Waals surface area contributed by atoms with Crippen molar-refractivity contribution in [1.82, 2.24) is 4.90 Å². The Labute approximate surface area is 76.3 Å². The van der Waals surface area contributed by atoms with Gasteiger partial charge in [-0.1, -0.05) is 0 Å². The lowest BCUT2D eigenvalue weighted by molar-refractivity contribution is -0.147. The summed E-state index contributed by atoms with van der Waals surface area (Å²) in [5.74, 6) is -0.456. The van der Waals surface area contributed by atoms with Crippen LogP contribution in [0.2, 0.25) is 0 Å². The fraction of sp³-hybridized carbons (Fsp3) is 0.750. The molecule has 1 aliphatic rings. The number of esters is 1. The minimum Gasteiger partial charge on any atom is -0.467 e. The van der Waals surface area contributed by atoms with Gasteiger partial charge in [0.1, 0.15) is 6.04 Å². The molecule has 1 rings (SSSR count). The van der Waals surface area contributed by atoms with Crippen molar-refractivity contribution in [1.29, 1.82) is 0 Å². The first-order valence-electron chi connectivity index (χ1n) is 4.24. The summed E-state index contributed by atoms with van der Waals surface area (Å²) in [6.07, 6.45) is 1.22. The van der Waals surface area contributed by atoms with Gasteiger partial charge >= 0.3 is 12.1 Å². The number of nitrogens with zero attached hydrogens (tertiary/aromatic N) is 1. The molecule has 1 atom stereocenters. The normalized spacial score (nSPS) is 22.5. The molecule has 1 heterocycles. The van der Waals surface area contributed by atoms with E-state index in [0.29, 0.717) is 13.0 Å². The number of rotatable bonds is 1. The maximum absolute atomic E-state index is 11.2. The van der Waals surface area contributed by atoms with E-state index in [2.05, 4.69) is 4.74 Å². The molecule has 5 heteroatoms. The van der Waals surface area contributed by atoms with Crippen LogP contribution in [-0.2, 0) is 9.53 Å². The maximum Gasteiger partial charge on any atom is 0.408 e. The summed E-state index contributed by atoms with van der Waals surface area (Å²) in [5.41, 5.74) is 0. The zero-order chi connectivity index (χ0) is 9.84. The zero-order valence-electron chi connectivity index (χ0n) is 7.52. The van der Waals surface area contributed by atoms with Crippen molar-refractivity contribution in [2.24, 2.45) is 0 Å². The Balaban J connectivity index is 2.67. The van der Waals surface area contributed by atoms with Crippen LogP contribution < -0.4 is 0 Å². The lowest BCUT2D eigenvalue weighted by atomic mass is 10.0. The second-order valence-electron chi connectivity index (χ2n) is 3.01. The molecule has 0 aromatic rings. The molecule has 0 aromatic heterocycles. The molecular formula is C8H13NO4. The van der Waals surface area contributed by atoms with Gasteiger partial charge in [0.2, 0.25) is 0 Å². The molecule has 0 spiro atoms. The fourth-order valence-electron chi connectivity index (χ4n) is 1.54. The molecule has 0 saturated carbocycles. The van der Waals surface area contributed by atoms with Gasteiger partial charge in [-0.15, -0.1) is 0 Å². The van der Waals surface area contributed by atoms with Gasteiger partial charge in [-0.2, -0.15) is 0 Å². The second-order valence-corrected chi connectivity index (χ2v) is 3.01. The molecular weight excluding hydrogens is 174 g/mol. The minimum absolute atomic E-state index is 0.426. The number of piperidine rings is 1. The van der Waals surface area contributed by atoms with Gasteiger partial charge in [0.15, 0.2) is 0 Å². The van der Waals surface area contributed by atoms with E-state index in [1.165, 1.54) is 7.11 Å². The van der Waals surface area contributed by atoms with E-state index in [-0.39, 0.29) is 0 Å². The van der Waals surface area contributed by atoms with Gasteiger partial charge in [-0.3, -0.25) is 4.90 Å². The third-order valence-corrected chi connectivity index (χ3v) is 2.22. The maximum atomic E-state index is 11.2. The predicted octanol–water partition coefficient (Wildman–Crippen LogP) is 0.692. The minimum atomic E-state index is -1.05. The van der Waals surface area contributed by atoms with Gasteiger partial charge in [-0.25, -0.2) is 9.59 Å². The highest BCUT2D eigenvalue weighted by Gasteiger charge is 2.32. The first-order chi connectivity index (χ1) is 6.16.